The van der Waals surface area contributed by atoms with Gasteiger partial charge in [-0.2, -0.15) is 0 Å². The molecular formula is C18H20N2. The summed E-state index contributed by atoms with van der Waals surface area (Å²) in [4.78, 5) is 7.17. The van der Waals surface area contributed by atoms with Gasteiger partial charge in [0.05, 0.1) is 5.69 Å². The molecule has 20 heavy (non-hydrogen) atoms. The summed E-state index contributed by atoms with van der Waals surface area (Å²) in [5, 5.41) is 0. The maximum absolute atomic E-state index is 4.51. The highest BCUT2D eigenvalue weighted by molar-refractivity contribution is 5.20. The van der Waals surface area contributed by atoms with Crippen molar-refractivity contribution in [2.24, 2.45) is 5.92 Å². The molecule has 0 N–H and O–H groups in total. The minimum Gasteiger partial charge on any atom is -0.288 e. The number of rotatable bonds is 5. The van der Waals surface area contributed by atoms with Crippen LogP contribution in [0.15, 0.2) is 54.7 Å². The molecule has 3 fully saturated rings. The third-order valence-electron chi connectivity index (χ3n) is 4.97. The van der Waals surface area contributed by atoms with Crippen LogP contribution in [0.2, 0.25) is 0 Å². The normalized spacial score (nSPS) is 26.9. The van der Waals surface area contributed by atoms with Crippen LogP contribution >= 0.6 is 0 Å². The number of hydrogen-bond donors (Lipinski definition) is 0. The van der Waals surface area contributed by atoms with E-state index in [4.69, 9.17) is 0 Å². The van der Waals surface area contributed by atoms with Gasteiger partial charge in [-0.05, 0) is 42.9 Å². The summed E-state index contributed by atoms with van der Waals surface area (Å²) in [6, 6.07) is 17.1. The van der Waals surface area contributed by atoms with E-state index in [9.17, 15) is 0 Å². The van der Waals surface area contributed by atoms with Crippen LogP contribution in [0.5, 0.6) is 0 Å². The predicted molar refractivity (Wildman–Crippen MR) is 80.0 cm³/mol. The lowest BCUT2D eigenvalue weighted by molar-refractivity contribution is -0.152. The van der Waals surface area contributed by atoms with E-state index in [1.165, 1.54) is 30.5 Å². The van der Waals surface area contributed by atoms with E-state index >= 15 is 0 Å². The molecule has 0 unspecified atom stereocenters. The molecule has 0 radical (unpaired) electrons. The third kappa shape index (κ3) is 2.04. The van der Waals surface area contributed by atoms with Crippen molar-refractivity contribution >= 4 is 0 Å². The van der Waals surface area contributed by atoms with Gasteiger partial charge in [-0.25, -0.2) is 0 Å². The highest BCUT2D eigenvalue weighted by Gasteiger charge is 2.59. The summed E-state index contributed by atoms with van der Waals surface area (Å²) in [6.45, 7) is 2.02. The van der Waals surface area contributed by atoms with E-state index in [-0.39, 0.29) is 0 Å². The van der Waals surface area contributed by atoms with Crippen molar-refractivity contribution in [3.8, 4) is 0 Å². The molecule has 1 heterocycles. The molecule has 2 heteroatoms. The van der Waals surface area contributed by atoms with Gasteiger partial charge in [0.1, 0.15) is 0 Å². The molecule has 5 rings (SSSR count). The van der Waals surface area contributed by atoms with Crippen LogP contribution in [0.1, 0.15) is 30.5 Å². The van der Waals surface area contributed by atoms with Gasteiger partial charge in [-0.3, -0.25) is 9.88 Å². The van der Waals surface area contributed by atoms with Gasteiger partial charge >= 0.3 is 0 Å². The van der Waals surface area contributed by atoms with Gasteiger partial charge in [-0.1, -0.05) is 36.4 Å². The van der Waals surface area contributed by atoms with Crippen LogP contribution in [0.4, 0.5) is 0 Å². The summed E-state index contributed by atoms with van der Waals surface area (Å²) in [6.07, 6.45) is 6.09. The van der Waals surface area contributed by atoms with Gasteiger partial charge in [0.2, 0.25) is 0 Å². The molecule has 3 aliphatic rings. The topological polar surface area (TPSA) is 16.1 Å². The average molecular weight is 264 g/mol. The number of benzene rings is 1. The van der Waals surface area contributed by atoms with Crippen LogP contribution in [0, 0.1) is 5.92 Å². The second kappa shape index (κ2) is 4.71. The monoisotopic (exact) mass is 264 g/mol. The number of hydrogen-bond acceptors (Lipinski definition) is 2. The molecule has 3 aliphatic carbocycles. The maximum Gasteiger partial charge on any atom is 0.0544 e. The van der Waals surface area contributed by atoms with E-state index in [2.05, 4.69) is 52.3 Å². The zero-order chi connectivity index (χ0) is 13.4. The maximum atomic E-state index is 4.51. The van der Waals surface area contributed by atoms with Crippen molar-refractivity contribution < 1.29 is 0 Å². The first-order valence-corrected chi connectivity index (χ1v) is 7.53. The molecule has 2 nitrogen and oxygen atoms in total. The van der Waals surface area contributed by atoms with Crippen LogP contribution in [-0.4, -0.2) is 15.4 Å². The Morgan fingerprint density at radius 2 is 1.70 bits per heavy atom. The van der Waals surface area contributed by atoms with E-state index in [0.29, 0.717) is 5.54 Å². The van der Waals surface area contributed by atoms with Gasteiger partial charge in [0.25, 0.3) is 0 Å². The third-order valence-corrected chi connectivity index (χ3v) is 4.97. The fraction of sp³-hybridized carbons (Fsp3) is 0.389. The molecule has 3 saturated carbocycles. The van der Waals surface area contributed by atoms with E-state index < -0.39 is 0 Å². The molecule has 2 bridgehead atoms. The molecule has 0 saturated heterocycles. The number of pyridine rings is 1. The summed E-state index contributed by atoms with van der Waals surface area (Å²) in [7, 11) is 0. The predicted octanol–water partition coefficient (Wildman–Crippen LogP) is 3.64. The fourth-order valence-electron chi connectivity index (χ4n) is 3.70. The Kier molecular flexibility index (Phi) is 2.85. The van der Waals surface area contributed by atoms with Crippen molar-refractivity contribution in [3.05, 3.63) is 66.0 Å². The van der Waals surface area contributed by atoms with Crippen molar-refractivity contribution in [2.45, 2.75) is 37.9 Å². The molecule has 0 amide bonds. The first-order valence-electron chi connectivity index (χ1n) is 7.53. The first-order chi connectivity index (χ1) is 9.84. The van der Waals surface area contributed by atoms with Crippen molar-refractivity contribution in [1.82, 2.24) is 9.88 Å². The average Bonchev–Trinajstić information content (AvgIpc) is 2.37. The number of nitrogens with zero attached hydrogens (tertiary/aromatic N) is 2. The van der Waals surface area contributed by atoms with E-state index in [1.54, 1.807) is 0 Å². The lowest BCUT2D eigenvalue weighted by atomic mass is 9.49. The lowest BCUT2D eigenvalue weighted by Gasteiger charge is -2.66. The van der Waals surface area contributed by atoms with E-state index in [0.717, 1.165) is 19.0 Å². The zero-order valence-electron chi connectivity index (χ0n) is 11.7. The smallest absolute Gasteiger partial charge is 0.0544 e. The zero-order valence-corrected chi connectivity index (χ0v) is 11.7. The van der Waals surface area contributed by atoms with Crippen LogP contribution in [-0.2, 0) is 13.1 Å². The Balaban J connectivity index is 1.54. The van der Waals surface area contributed by atoms with Crippen molar-refractivity contribution in [2.75, 3.05) is 0 Å². The van der Waals surface area contributed by atoms with Crippen molar-refractivity contribution in [3.63, 3.8) is 0 Å². The first kappa shape index (κ1) is 12.1. The molecule has 1 aromatic carbocycles. The highest BCUT2D eigenvalue weighted by atomic mass is 15.2. The summed E-state index contributed by atoms with van der Waals surface area (Å²) < 4.78 is 0. The van der Waals surface area contributed by atoms with E-state index in [1.807, 2.05) is 12.3 Å². The SMILES string of the molecule is c1ccc(CN(Cc2ccccn2)C23CC(C2)C3)cc1. The van der Waals surface area contributed by atoms with Gasteiger partial charge in [0, 0.05) is 24.8 Å². The highest BCUT2D eigenvalue weighted by Crippen LogP contribution is 2.61. The standard InChI is InChI=1S/C18H20N2/c1-2-6-15(7-3-1)13-20(18-10-16(11-18)12-18)14-17-8-4-5-9-19-17/h1-9,16H,10-14H2. The van der Waals surface area contributed by atoms with Gasteiger partial charge in [-0.15, -0.1) is 0 Å². The molecule has 2 aromatic rings. The molecular weight excluding hydrogens is 244 g/mol. The molecule has 1 aromatic heterocycles. The lowest BCUT2D eigenvalue weighted by Crippen LogP contribution is -2.67. The fourth-order valence-corrected chi connectivity index (χ4v) is 3.70. The summed E-state index contributed by atoms with van der Waals surface area (Å²) in [5.74, 6) is 1.01. The Morgan fingerprint density at radius 3 is 2.30 bits per heavy atom. The Labute approximate surface area is 120 Å². The Morgan fingerprint density at radius 1 is 0.950 bits per heavy atom. The second-order valence-corrected chi connectivity index (χ2v) is 6.37. The summed E-state index contributed by atoms with van der Waals surface area (Å²) >= 11 is 0. The largest absolute Gasteiger partial charge is 0.288 e. The second-order valence-electron chi connectivity index (χ2n) is 6.37. The summed E-state index contributed by atoms with van der Waals surface area (Å²) in [5.41, 5.74) is 3.08. The molecule has 0 atom stereocenters. The van der Waals surface area contributed by atoms with Gasteiger partial charge < -0.3 is 0 Å². The number of aromatic nitrogens is 1. The van der Waals surface area contributed by atoms with Crippen LogP contribution < -0.4 is 0 Å². The van der Waals surface area contributed by atoms with Crippen LogP contribution in [0.25, 0.3) is 0 Å². The quantitative estimate of drug-likeness (QED) is 0.819. The molecule has 0 spiro atoms. The molecule has 102 valence electrons. The Hall–Kier alpha value is -1.67. The van der Waals surface area contributed by atoms with Crippen molar-refractivity contribution in [1.29, 1.82) is 0 Å². The minimum absolute atomic E-state index is 0.484. The van der Waals surface area contributed by atoms with Crippen LogP contribution in [0.3, 0.4) is 0 Å². The minimum atomic E-state index is 0.484. The molecule has 0 aliphatic heterocycles. The Bertz CT molecular complexity index is 520. The van der Waals surface area contributed by atoms with Gasteiger partial charge in [0.15, 0.2) is 0 Å².